The van der Waals surface area contributed by atoms with Crippen molar-refractivity contribution in [1.29, 1.82) is 5.26 Å². The van der Waals surface area contributed by atoms with E-state index in [0.717, 1.165) is 11.3 Å². The first-order valence-electron chi connectivity index (χ1n) is 8.50. The van der Waals surface area contributed by atoms with Crippen LogP contribution in [0.15, 0.2) is 18.3 Å². The van der Waals surface area contributed by atoms with Crippen molar-refractivity contribution in [3.8, 4) is 11.8 Å². The molecule has 1 aliphatic rings. The van der Waals surface area contributed by atoms with Gasteiger partial charge in [0.05, 0.1) is 32.4 Å². The Bertz CT molecular complexity index is 901. The fourth-order valence-corrected chi connectivity index (χ4v) is 2.93. The molecule has 0 fully saturated rings. The molecule has 8 heteroatoms. The fraction of sp³-hybridized carbons (Fsp3) is 0.421. The normalized spacial score (nSPS) is 13.3. The van der Waals surface area contributed by atoms with Gasteiger partial charge in [-0.1, -0.05) is 0 Å². The molecule has 0 saturated heterocycles. The fourth-order valence-electron chi connectivity index (χ4n) is 2.93. The van der Waals surface area contributed by atoms with Gasteiger partial charge in [-0.3, -0.25) is 9.58 Å². The predicted octanol–water partition coefficient (Wildman–Crippen LogP) is 3.20. The zero-order valence-corrected chi connectivity index (χ0v) is 15.7. The monoisotopic (exact) mass is 372 g/mol. The van der Waals surface area contributed by atoms with Crippen LogP contribution in [0.2, 0.25) is 0 Å². The van der Waals surface area contributed by atoms with Crippen LogP contribution in [0.5, 0.6) is 5.75 Å². The average Bonchev–Trinajstić information content (AvgIpc) is 3.11. The van der Waals surface area contributed by atoms with Crippen LogP contribution in [0.3, 0.4) is 0 Å². The van der Waals surface area contributed by atoms with Crippen LogP contribution in [0.1, 0.15) is 43.2 Å². The van der Waals surface area contributed by atoms with Crippen molar-refractivity contribution in [2.75, 3.05) is 7.11 Å². The summed E-state index contributed by atoms with van der Waals surface area (Å²) in [7, 11) is 1.40. The van der Waals surface area contributed by atoms with Gasteiger partial charge in [0.15, 0.2) is 0 Å². The second kappa shape index (κ2) is 6.91. The average molecular weight is 372 g/mol. The predicted molar refractivity (Wildman–Crippen MR) is 94.5 cm³/mol. The molecule has 0 unspecified atom stereocenters. The molecule has 2 aromatic rings. The van der Waals surface area contributed by atoms with E-state index in [4.69, 9.17) is 14.7 Å². The molecular formula is C19H21FN4O3. The molecule has 142 valence electrons. The van der Waals surface area contributed by atoms with Crippen LogP contribution in [0.4, 0.5) is 9.18 Å². The van der Waals surface area contributed by atoms with Crippen LogP contribution >= 0.6 is 0 Å². The lowest BCUT2D eigenvalue weighted by molar-refractivity contribution is 0.0239. The summed E-state index contributed by atoms with van der Waals surface area (Å²) in [4.78, 5) is 13.8. The number of halogens is 1. The molecule has 0 bridgehead atoms. The van der Waals surface area contributed by atoms with Crippen LogP contribution in [0.25, 0.3) is 0 Å². The van der Waals surface area contributed by atoms with Crippen molar-refractivity contribution >= 4 is 6.09 Å². The summed E-state index contributed by atoms with van der Waals surface area (Å²) in [5.74, 6) is -0.425. The number of nitriles is 1. The number of nitrogens with zero attached hydrogens (tertiary/aromatic N) is 4. The van der Waals surface area contributed by atoms with Gasteiger partial charge in [0.25, 0.3) is 0 Å². The molecule has 3 rings (SSSR count). The number of hydrogen-bond acceptors (Lipinski definition) is 5. The Morgan fingerprint density at radius 2 is 2.11 bits per heavy atom. The standard InChI is InChI=1S/C19H21FN4O3/c1-19(2,3)27-18(25)23-9-13-10-24(22-16(13)11-23)8-12-5-15(20)14(7-21)17(6-12)26-4/h5-6,10H,8-9,11H2,1-4H3. The number of methoxy groups -OCH3 is 1. The van der Waals surface area contributed by atoms with Gasteiger partial charge in [-0.15, -0.1) is 0 Å². The summed E-state index contributed by atoms with van der Waals surface area (Å²) < 4.78 is 26.2. The molecule has 0 aliphatic carbocycles. The van der Waals surface area contributed by atoms with Crippen LogP contribution in [-0.4, -0.2) is 33.5 Å². The van der Waals surface area contributed by atoms with E-state index in [1.807, 2.05) is 27.0 Å². The van der Waals surface area contributed by atoms with E-state index < -0.39 is 11.4 Å². The van der Waals surface area contributed by atoms with E-state index in [0.29, 0.717) is 25.2 Å². The summed E-state index contributed by atoms with van der Waals surface area (Å²) in [6.45, 7) is 6.61. The van der Waals surface area contributed by atoms with Crippen molar-refractivity contribution in [1.82, 2.24) is 14.7 Å². The summed E-state index contributed by atoms with van der Waals surface area (Å²) in [5, 5.41) is 13.5. The second-order valence-electron chi connectivity index (χ2n) is 7.40. The van der Waals surface area contributed by atoms with Gasteiger partial charge in [0.1, 0.15) is 28.8 Å². The number of ether oxygens (including phenoxy) is 2. The zero-order chi connectivity index (χ0) is 19.8. The number of amides is 1. The molecule has 1 aromatic heterocycles. The first-order chi connectivity index (χ1) is 12.7. The van der Waals surface area contributed by atoms with Crippen molar-refractivity contribution in [2.24, 2.45) is 0 Å². The second-order valence-corrected chi connectivity index (χ2v) is 7.40. The highest BCUT2D eigenvalue weighted by atomic mass is 19.1. The molecule has 1 aromatic carbocycles. The maximum atomic E-state index is 14.0. The van der Waals surface area contributed by atoms with Gasteiger partial charge in [-0.25, -0.2) is 9.18 Å². The van der Waals surface area contributed by atoms with E-state index in [-0.39, 0.29) is 17.4 Å². The molecule has 0 radical (unpaired) electrons. The molecule has 0 spiro atoms. The zero-order valence-electron chi connectivity index (χ0n) is 15.7. The highest BCUT2D eigenvalue weighted by molar-refractivity contribution is 5.69. The smallest absolute Gasteiger partial charge is 0.410 e. The molecule has 0 atom stereocenters. The highest BCUT2D eigenvalue weighted by Crippen LogP contribution is 2.26. The van der Waals surface area contributed by atoms with Crippen LogP contribution in [0, 0.1) is 17.1 Å². The number of rotatable bonds is 3. The molecule has 2 heterocycles. The molecule has 7 nitrogen and oxygen atoms in total. The van der Waals surface area contributed by atoms with Crippen molar-refractivity contribution in [3.63, 3.8) is 0 Å². The first kappa shape index (κ1) is 18.7. The number of fused-ring (bicyclic) bond motifs is 1. The number of carbonyl (C=O) groups is 1. The summed E-state index contributed by atoms with van der Waals surface area (Å²) in [5.41, 5.74) is 1.70. The Kier molecular flexibility index (Phi) is 4.79. The Hall–Kier alpha value is -3.08. The van der Waals surface area contributed by atoms with E-state index in [1.54, 1.807) is 21.7 Å². The van der Waals surface area contributed by atoms with E-state index in [2.05, 4.69) is 5.10 Å². The summed E-state index contributed by atoms with van der Waals surface area (Å²) in [6.07, 6.45) is 1.47. The Morgan fingerprint density at radius 1 is 1.37 bits per heavy atom. The third-order valence-electron chi connectivity index (χ3n) is 4.07. The Labute approximate surface area is 156 Å². The maximum Gasteiger partial charge on any atom is 0.410 e. The van der Waals surface area contributed by atoms with Gasteiger partial charge in [-0.2, -0.15) is 10.4 Å². The maximum absolute atomic E-state index is 14.0. The van der Waals surface area contributed by atoms with Gasteiger partial charge in [-0.05, 0) is 38.5 Å². The van der Waals surface area contributed by atoms with E-state index in [9.17, 15) is 9.18 Å². The number of aromatic nitrogens is 2. The molecule has 1 aliphatic heterocycles. The van der Waals surface area contributed by atoms with Crippen LogP contribution in [-0.2, 0) is 24.4 Å². The summed E-state index contributed by atoms with van der Waals surface area (Å²) in [6, 6.07) is 4.73. The Morgan fingerprint density at radius 3 is 2.70 bits per heavy atom. The minimum absolute atomic E-state index is 0.114. The largest absolute Gasteiger partial charge is 0.495 e. The van der Waals surface area contributed by atoms with Crippen LogP contribution < -0.4 is 4.74 Å². The molecular weight excluding hydrogens is 351 g/mol. The third-order valence-corrected chi connectivity index (χ3v) is 4.07. The first-order valence-corrected chi connectivity index (χ1v) is 8.50. The van der Waals surface area contributed by atoms with Crippen molar-refractivity contribution in [3.05, 3.63) is 46.5 Å². The number of hydrogen-bond donors (Lipinski definition) is 0. The number of benzene rings is 1. The molecule has 27 heavy (non-hydrogen) atoms. The SMILES string of the molecule is COc1cc(Cn2cc3c(n2)CN(C(=O)OC(C)(C)C)C3)cc(F)c1C#N. The van der Waals surface area contributed by atoms with Gasteiger partial charge in [0.2, 0.25) is 0 Å². The van der Waals surface area contributed by atoms with Crippen molar-refractivity contribution < 1.29 is 18.7 Å². The number of carbonyl (C=O) groups excluding carboxylic acids is 1. The van der Waals surface area contributed by atoms with E-state index in [1.165, 1.54) is 13.2 Å². The quantitative estimate of drug-likeness (QED) is 0.826. The van der Waals surface area contributed by atoms with Crippen molar-refractivity contribution in [2.45, 2.75) is 46.0 Å². The molecule has 0 saturated carbocycles. The minimum atomic E-state index is -0.623. The van der Waals surface area contributed by atoms with E-state index >= 15 is 0 Å². The van der Waals surface area contributed by atoms with Gasteiger partial charge < -0.3 is 9.47 Å². The highest BCUT2D eigenvalue weighted by Gasteiger charge is 2.30. The summed E-state index contributed by atoms with van der Waals surface area (Å²) >= 11 is 0. The minimum Gasteiger partial charge on any atom is -0.495 e. The molecule has 1 amide bonds. The lowest BCUT2D eigenvalue weighted by Gasteiger charge is -2.24. The van der Waals surface area contributed by atoms with Gasteiger partial charge >= 0.3 is 6.09 Å². The third kappa shape index (κ3) is 4.03. The lowest BCUT2D eigenvalue weighted by atomic mass is 10.1. The topological polar surface area (TPSA) is 80.4 Å². The molecule has 0 N–H and O–H groups in total. The lowest BCUT2D eigenvalue weighted by Crippen LogP contribution is -2.33. The van der Waals surface area contributed by atoms with Gasteiger partial charge in [0, 0.05) is 11.8 Å². The Balaban J connectivity index is 1.72.